The lowest BCUT2D eigenvalue weighted by Crippen LogP contribution is -2.25. The van der Waals surface area contributed by atoms with E-state index in [1.165, 1.54) is 10.9 Å². The normalized spacial score (nSPS) is 16.9. The highest BCUT2D eigenvalue weighted by Crippen LogP contribution is 2.32. The fraction of sp³-hybridized carbons (Fsp3) is 0.250. The molecule has 3 heterocycles. The van der Waals surface area contributed by atoms with Crippen molar-refractivity contribution in [2.24, 2.45) is 10.9 Å². The maximum Gasteiger partial charge on any atom is 0.281 e. The Hall–Kier alpha value is -4.64. The van der Waals surface area contributed by atoms with Crippen LogP contribution in [0.15, 0.2) is 83.5 Å². The van der Waals surface area contributed by atoms with Crippen molar-refractivity contribution in [1.82, 2.24) is 19.7 Å². The zero-order valence-corrected chi connectivity index (χ0v) is 23.3. The lowest BCUT2D eigenvalue weighted by atomic mass is 9.91. The number of nitrogens with one attached hydrogen (secondary N) is 1. The second kappa shape index (κ2) is 12.9. The highest BCUT2D eigenvalue weighted by molar-refractivity contribution is 6.32. The molecule has 3 aromatic heterocycles. The Balaban J connectivity index is 1.49. The number of amides is 1. The number of carbonyl (C=O) groups is 1. The van der Waals surface area contributed by atoms with Crippen molar-refractivity contribution in [1.29, 1.82) is 0 Å². The van der Waals surface area contributed by atoms with Crippen molar-refractivity contribution in [2.45, 2.75) is 19.9 Å². The molecule has 0 fully saturated rings. The summed E-state index contributed by atoms with van der Waals surface area (Å²) in [6.07, 6.45) is 11.8. The summed E-state index contributed by atoms with van der Waals surface area (Å²) >= 11 is 6.27. The third-order valence-corrected chi connectivity index (χ3v) is 6.25. The second-order valence-electron chi connectivity index (χ2n) is 8.34. The van der Waals surface area contributed by atoms with Crippen molar-refractivity contribution in [2.75, 3.05) is 26.1 Å². The molecule has 1 N–H and O–H groups in total. The zero-order chi connectivity index (χ0) is 28.6. The lowest BCUT2D eigenvalue weighted by Gasteiger charge is -2.27. The Bertz CT molecular complexity index is 1460. The van der Waals surface area contributed by atoms with Gasteiger partial charge in [0.2, 0.25) is 0 Å². The van der Waals surface area contributed by atoms with Gasteiger partial charge in [0, 0.05) is 6.20 Å². The number of ether oxygens (including phenoxy) is 4. The van der Waals surface area contributed by atoms with Gasteiger partial charge in [0.1, 0.15) is 23.0 Å². The number of nitrogens with zero attached hydrogens (tertiary/aromatic N) is 5. The smallest absolute Gasteiger partial charge is 0.281 e. The molecule has 208 valence electrons. The number of methoxy groups -OCH3 is 2. The number of anilines is 1. The molecule has 4 rings (SSSR count). The van der Waals surface area contributed by atoms with Gasteiger partial charge in [-0.2, -0.15) is 5.10 Å². The summed E-state index contributed by atoms with van der Waals surface area (Å²) < 4.78 is 24.0. The van der Waals surface area contributed by atoms with Gasteiger partial charge >= 0.3 is 0 Å². The molecule has 0 saturated carbocycles. The number of hydrogen-bond donors (Lipinski definition) is 1. The van der Waals surface area contributed by atoms with E-state index in [4.69, 9.17) is 30.5 Å². The molecule has 3 aromatic rings. The molecule has 2 atom stereocenters. The maximum absolute atomic E-state index is 13.1. The quantitative estimate of drug-likeness (QED) is 0.255. The Kier molecular flexibility index (Phi) is 9.18. The van der Waals surface area contributed by atoms with Crippen molar-refractivity contribution in [3.63, 3.8) is 0 Å². The van der Waals surface area contributed by atoms with E-state index in [9.17, 15) is 4.79 Å². The standard InChI is InChI=1S/C28H29ClN6O5/c1-6-22(18-12-23(37-4)24(38-5)13-20(18)30-3)40-17-8-9-26(32-14-17)33-28(36)27-25(39-7-2)16-35(34-27)21-15-31-11-10-19(21)29/h6,8-16,18,20H,3,7H2,1-2,4-5H3,(H,32,33,36)/b22-6+. The van der Waals surface area contributed by atoms with Crippen LogP contribution in [-0.2, 0) is 9.47 Å². The van der Waals surface area contributed by atoms with E-state index in [0.717, 1.165) is 0 Å². The van der Waals surface area contributed by atoms with Crippen LogP contribution in [0.25, 0.3) is 5.69 Å². The van der Waals surface area contributed by atoms with Crippen LogP contribution < -0.4 is 14.8 Å². The van der Waals surface area contributed by atoms with E-state index in [1.54, 1.807) is 51.0 Å². The third-order valence-electron chi connectivity index (χ3n) is 5.93. The Morgan fingerprint density at radius 3 is 2.60 bits per heavy atom. The predicted octanol–water partition coefficient (Wildman–Crippen LogP) is 5.01. The minimum atomic E-state index is -0.502. The van der Waals surface area contributed by atoms with E-state index in [2.05, 4.69) is 32.1 Å². The average Bonchev–Trinajstić information content (AvgIpc) is 3.40. The van der Waals surface area contributed by atoms with Gasteiger partial charge in [-0.15, -0.1) is 0 Å². The largest absolute Gasteiger partial charge is 0.493 e. The van der Waals surface area contributed by atoms with Gasteiger partial charge in [0.05, 0.1) is 56.4 Å². The number of allylic oxidation sites excluding steroid dienone is 1. The van der Waals surface area contributed by atoms with Gasteiger partial charge in [-0.25, -0.2) is 9.67 Å². The van der Waals surface area contributed by atoms with E-state index in [0.29, 0.717) is 51.9 Å². The number of aliphatic imine (C=N–C) groups is 1. The first kappa shape index (κ1) is 28.4. The molecular weight excluding hydrogens is 536 g/mol. The van der Waals surface area contributed by atoms with Crippen LogP contribution in [0.4, 0.5) is 5.82 Å². The fourth-order valence-corrected chi connectivity index (χ4v) is 4.21. The summed E-state index contributed by atoms with van der Waals surface area (Å²) in [6.45, 7) is 7.72. The van der Waals surface area contributed by atoms with Crippen LogP contribution in [-0.4, -0.2) is 59.2 Å². The Labute approximate surface area is 236 Å². The van der Waals surface area contributed by atoms with Gasteiger partial charge in [0.25, 0.3) is 5.91 Å². The second-order valence-corrected chi connectivity index (χ2v) is 8.75. The summed E-state index contributed by atoms with van der Waals surface area (Å²) in [6, 6.07) is 4.64. The molecule has 12 heteroatoms. The van der Waals surface area contributed by atoms with Gasteiger partial charge < -0.3 is 24.3 Å². The first-order valence-electron chi connectivity index (χ1n) is 12.3. The third kappa shape index (κ3) is 6.15. The maximum atomic E-state index is 13.1. The van der Waals surface area contributed by atoms with Crippen LogP contribution >= 0.6 is 11.6 Å². The van der Waals surface area contributed by atoms with Crippen LogP contribution in [0.5, 0.6) is 11.5 Å². The molecule has 1 amide bonds. The predicted molar refractivity (Wildman–Crippen MR) is 151 cm³/mol. The van der Waals surface area contributed by atoms with Gasteiger partial charge in [-0.1, -0.05) is 11.6 Å². The first-order valence-corrected chi connectivity index (χ1v) is 12.7. The van der Waals surface area contributed by atoms with Gasteiger partial charge in [-0.05, 0) is 57.0 Å². The molecule has 0 aromatic carbocycles. The monoisotopic (exact) mass is 564 g/mol. The van der Waals surface area contributed by atoms with Crippen molar-refractivity contribution >= 4 is 30.0 Å². The van der Waals surface area contributed by atoms with Crippen molar-refractivity contribution in [3.05, 3.63) is 89.2 Å². The highest BCUT2D eigenvalue weighted by Gasteiger charge is 2.29. The van der Waals surface area contributed by atoms with Crippen LogP contribution in [0, 0.1) is 5.92 Å². The lowest BCUT2D eigenvalue weighted by molar-refractivity contribution is 0.101. The van der Waals surface area contributed by atoms with Crippen molar-refractivity contribution in [3.8, 4) is 17.2 Å². The molecule has 11 nitrogen and oxygen atoms in total. The summed E-state index contributed by atoms with van der Waals surface area (Å²) in [5, 5.41) is 7.54. The molecule has 0 aliphatic heterocycles. The average molecular weight is 565 g/mol. The van der Waals surface area contributed by atoms with Crippen LogP contribution in [0.2, 0.25) is 5.02 Å². The molecule has 2 unspecified atom stereocenters. The minimum Gasteiger partial charge on any atom is -0.493 e. The zero-order valence-electron chi connectivity index (χ0n) is 22.5. The highest BCUT2D eigenvalue weighted by atomic mass is 35.5. The summed E-state index contributed by atoms with van der Waals surface area (Å²) in [4.78, 5) is 25.7. The van der Waals surface area contributed by atoms with Gasteiger partial charge in [0.15, 0.2) is 23.0 Å². The molecule has 0 saturated heterocycles. The molecular formula is C28H29ClN6O5. The molecule has 1 aliphatic rings. The topological polar surface area (TPSA) is 122 Å². The summed E-state index contributed by atoms with van der Waals surface area (Å²) in [5.74, 6) is 2.07. The van der Waals surface area contributed by atoms with Crippen LogP contribution in [0.3, 0.4) is 0 Å². The number of rotatable bonds is 11. The minimum absolute atomic E-state index is 0.0737. The van der Waals surface area contributed by atoms with E-state index >= 15 is 0 Å². The Morgan fingerprint density at radius 1 is 1.20 bits per heavy atom. The van der Waals surface area contributed by atoms with Gasteiger partial charge in [-0.3, -0.25) is 14.8 Å². The Morgan fingerprint density at radius 2 is 1.98 bits per heavy atom. The number of carbonyl (C=O) groups excluding carboxylic acids is 1. The van der Waals surface area contributed by atoms with E-state index in [-0.39, 0.29) is 17.7 Å². The molecule has 40 heavy (non-hydrogen) atoms. The molecule has 0 spiro atoms. The summed E-state index contributed by atoms with van der Waals surface area (Å²) in [5.41, 5.74) is 0.585. The molecule has 1 aliphatic carbocycles. The van der Waals surface area contributed by atoms with Crippen molar-refractivity contribution < 1.29 is 23.7 Å². The molecule has 0 radical (unpaired) electrons. The number of aromatic nitrogens is 4. The first-order chi connectivity index (χ1) is 19.4. The number of halogens is 1. The van der Waals surface area contributed by atoms with Crippen LogP contribution in [0.1, 0.15) is 24.3 Å². The fourth-order valence-electron chi connectivity index (χ4n) is 4.02. The SMILES string of the molecule is C=NC1C=C(OC)C(OC)=CC1/C(=C\C)Oc1ccc(NC(=O)c2nn(-c3cnccc3Cl)cc2OCC)nc1. The number of hydrogen-bond acceptors (Lipinski definition) is 9. The van der Waals surface area contributed by atoms with E-state index < -0.39 is 5.91 Å². The molecule has 0 bridgehead atoms. The van der Waals surface area contributed by atoms with E-state index in [1.807, 2.05) is 32.1 Å². The summed E-state index contributed by atoms with van der Waals surface area (Å²) in [7, 11) is 3.14. The number of pyridine rings is 2.